The summed E-state index contributed by atoms with van der Waals surface area (Å²) in [7, 11) is 0. The van der Waals surface area contributed by atoms with Gasteiger partial charge >= 0.3 is 5.97 Å². The van der Waals surface area contributed by atoms with Gasteiger partial charge in [-0.3, -0.25) is 4.79 Å². The van der Waals surface area contributed by atoms with E-state index in [0.717, 1.165) is 18.6 Å². The van der Waals surface area contributed by atoms with Crippen LogP contribution < -0.4 is 0 Å². The number of carboxylic acid groups (broad SMARTS) is 1. The van der Waals surface area contributed by atoms with Gasteiger partial charge in [0, 0.05) is 12.2 Å². The topological polar surface area (TPSA) is 75.7 Å². The molecule has 0 aromatic carbocycles. The van der Waals surface area contributed by atoms with Crippen molar-refractivity contribution in [2.24, 2.45) is 0 Å². The third-order valence-electron chi connectivity index (χ3n) is 3.57. The largest absolute Gasteiger partial charge is 0.477 e. The SMILES string of the molecule is O=C(O)c1cccn1CC(=O)N(Cc1ccco1)C1CC1. The number of nitrogens with zero attached hydrogens (tertiary/aromatic N) is 2. The van der Waals surface area contributed by atoms with Crippen LogP contribution in [0.4, 0.5) is 0 Å². The van der Waals surface area contributed by atoms with E-state index in [0.29, 0.717) is 6.54 Å². The maximum atomic E-state index is 12.5. The van der Waals surface area contributed by atoms with Crippen LogP contribution in [0.15, 0.2) is 41.1 Å². The molecule has 1 aliphatic rings. The molecular formula is C15H16N2O4. The number of carbonyl (C=O) groups is 2. The first-order valence-electron chi connectivity index (χ1n) is 6.85. The van der Waals surface area contributed by atoms with Gasteiger partial charge < -0.3 is 19.0 Å². The molecule has 110 valence electrons. The summed E-state index contributed by atoms with van der Waals surface area (Å²) in [5.41, 5.74) is 0.122. The lowest BCUT2D eigenvalue weighted by molar-refractivity contribution is -0.133. The lowest BCUT2D eigenvalue weighted by Crippen LogP contribution is -2.35. The van der Waals surface area contributed by atoms with Crippen LogP contribution in [0, 0.1) is 0 Å². The molecule has 1 saturated carbocycles. The van der Waals surface area contributed by atoms with E-state index < -0.39 is 5.97 Å². The Morgan fingerprint density at radius 2 is 2.14 bits per heavy atom. The summed E-state index contributed by atoms with van der Waals surface area (Å²) in [6.07, 6.45) is 5.17. The van der Waals surface area contributed by atoms with E-state index in [1.807, 2.05) is 6.07 Å². The molecule has 1 aliphatic carbocycles. The van der Waals surface area contributed by atoms with Gasteiger partial charge in [0.1, 0.15) is 18.0 Å². The van der Waals surface area contributed by atoms with Crippen LogP contribution in [0.3, 0.4) is 0 Å². The highest BCUT2D eigenvalue weighted by atomic mass is 16.4. The number of aromatic carboxylic acids is 1. The van der Waals surface area contributed by atoms with E-state index >= 15 is 0 Å². The van der Waals surface area contributed by atoms with Crippen molar-refractivity contribution in [1.82, 2.24) is 9.47 Å². The van der Waals surface area contributed by atoms with Gasteiger partial charge in [0.05, 0.1) is 12.8 Å². The molecule has 2 aromatic heterocycles. The molecule has 3 rings (SSSR count). The summed E-state index contributed by atoms with van der Waals surface area (Å²) in [5.74, 6) is -0.384. The molecule has 2 heterocycles. The van der Waals surface area contributed by atoms with E-state index in [4.69, 9.17) is 9.52 Å². The number of rotatable bonds is 6. The molecule has 0 radical (unpaired) electrons. The predicted molar refractivity (Wildman–Crippen MR) is 73.7 cm³/mol. The van der Waals surface area contributed by atoms with E-state index in [9.17, 15) is 9.59 Å². The molecule has 21 heavy (non-hydrogen) atoms. The van der Waals surface area contributed by atoms with Gasteiger partial charge in [0.2, 0.25) is 5.91 Å². The van der Waals surface area contributed by atoms with E-state index in [2.05, 4.69) is 0 Å². The van der Waals surface area contributed by atoms with Crippen molar-refractivity contribution in [3.05, 3.63) is 48.2 Å². The highest BCUT2D eigenvalue weighted by Crippen LogP contribution is 2.28. The molecule has 0 atom stereocenters. The average Bonchev–Trinajstić information content (AvgIpc) is 2.97. The third kappa shape index (κ3) is 2.99. The summed E-state index contributed by atoms with van der Waals surface area (Å²) < 4.78 is 6.75. The van der Waals surface area contributed by atoms with Crippen LogP contribution in [0.1, 0.15) is 29.1 Å². The van der Waals surface area contributed by atoms with Crippen LogP contribution in [0.25, 0.3) is 0 Å². The predicted octanol–water partition coefficient (Wildman–Crippen LogP) is 1.97. The Kier molecular flexibility index (Phi) is 3.51. The molecule has 2 aromatic rings. The van der Waals surface area contributed by atoms with E-state index in [1.165, 1.54) is 10.6 Å². The molecule has 0 bridgehead atoms. The van der Waals surface area contributed by atoms with E-state index in [-0.39, 0.29) is 24.2 Å². The van der Waals surface area contributed by atoms with Crippen molar-refractivity contribution >= 4 is 11.9 Å². The second-order valence-corrected chi connectivity index (χ2v) is 5.16. The zero-order chi connectivity index (χ0) is 14.8. The molecule has 0 aliphatic heterocycles. The maximum absolute atomic E-state index is 12.5. The lowest BCUT2D eigenvalue weighted by atomic mass is 10.3. The molecular weight excluding hydrogens is 272 g/mol. The maximum Gasteiger partial charge on any atom is 0.352 e. The van der Waals surface area contributed by atoms with Crippen molar-refractivity contribution in [1.29, 1.82) is 0 Å². The summed E-state index contributed by atoms with van der Waals surface area (Å²) in [6, 6.07) is 6.99. The number of carboxylic acids is 1. The Morgan fingerprint density at radius 3 is 2.76 bits per heavy atom. The monoisotopic (exact) mass is 288 g/mol. The van der Waals surface area contributed by atoms with Gasteiger partial charge in [-0.25, -0.2) is 4.79 Å². The number of aromatic nitrogens is 1. The van der Waals surface area contributed by atoms with Crippen molar-refractivity contribution in [2.45, 2.75) is 32.0 Å². The minimum absolute atomic E-state index is 0.0336. The molecule has 0 unspecified atom stereocenters. The first kappa shape index (κ1) is 13.5. The standard InChI is InChI=1S/C15H16N2O4/c18-14(10-16-7-1-4-13(16)15(19)20)17(11-5-6-11)9-12-3-2-8-21-12/h1-4,7-8,11H,5-6,9-10H2,(H,19,20). The van der Waals surface area contributed by atoms with Crippen molar-refractivity contribution in [3.63, 3.8) is 0 Å². The Hall–Kier alpha value is -2.50. The van der Waals surface area contributed by atoms with Crippen molar-refractivity contribution in [2.75, 3.05) is 0 Å². The Labute approximate surface area is 121 Å². The quantitative estimate of drug-likeness (QED) is 0.881. The average molecular weight is 288 g/mol. The van der Waals surface area contributed by atoms with Crippen LogP contribution >= 0.6 is 0 Å². The summed E-state index contributed by atoms with van der Waals surface area (Å²) >= 11 is 0. The van der Waals surface area contributed by atoms with Gasteiger partial charge in [0.15, 0.2) is 0 Å². The highest BCUT2D eigenvalue weighted by Gasteiger charge is 2.33. The number of furan rings is 1. The second kappa shape index (κ2) is 5.47. The first-order chi connectivity index (χ1) is 10.1. The fourth-order valence-corrected chi connectivity index (χ4v) is 2.36. The van der Waals surface area contributed by atoms with Gasteiger partial charge in [-0.05, 0) is 37.1 Å². The second-order valence-electron chi connectivity index (χ2n) is 5.16. The number of carbonyl (C=O) groups excluding carboxylic acids is 1. The summed E-state index contributed by atoms with van der Waals surface area (Å²) in [4.78, 5) is 25.3. The Morgan fingerprint density at radius 1 is 1.33 bits per heavy atom. The first-order valence-corrected chi connectivity index (χ1v) is 6.85. The minimum Gasteiger partial charge on any atom is -0.477 e. The minimum atomic E-state index is -1.03. The van der Waals surface area contributed by atoms with Gasteiger partial charge in [-0.15, -0.1) is 0 Å². The Bertz CT molecular complexity index is 640. The normalized spacial score (nSPS) is 14.1. The summed E-state index contributed by atoms with van der Waals surface area (Å²) in [5, 5.41) is 9.07. The molecule has 1 N–H and O–H groups in total. The van der Waals surface area contributed by atoms with Crippen molar-refractivity contribution in [3.8, 4) is 0 Å². The molecule has 1 amide bonds. The fraction of sp³-hybridized carbons (Fsp3) is 0.333. The van der Waals surface area contributed by atoms with Gasteiger partial charge in [0.25, 0.3) is 0 Å². The van der Waals surface area contributed by atoms with Gasteiger partial charge in [-0.2, -0.15) is 0 Å². The molecule has 6 nitrogen and oxygen atoms in total. The molecule has 0 spiro atoms. The van der Waals surface area contributed by atoms with E-state index in [1.54, 1.807) is 29.5 Å². The van der Waals surface area contributed by atoms with Crippen LogP contribution in [-0.2, 0) is 17.9 Å². The zero-order valence-electron chi connectivity index (χ0n) is 11.4. The number of hydrogen-bond donors (Lipinski definition) is 1. The fourth-order valence-electron chi connectivity index (χ4n) is 2.36. The third-order valence-corrected chi connectivity index (χ3v) is 3.57. The van der Waals surface area contributed by atoms with Crippen LogP contribution in [-0.4, -0.2) is 32.5 Å². The zero-order valence-corrected chi connectivity index (χ0v) is 11.4. The number of hydrogen-bond acceptors (Lipinski definition) is 3. The lowest BCUT2D eigenvalue weighted by Gasteiger charge is -2.22. The highest BCUT2D eigenvalue weighted by molar-refractivity contribution is 5.87. The molecule has 1 fully saturated rings. The van der Waals surface area contributed by atoms with Crippen molar-refractivity contribution < 1.29 is 19.1 Å². The van der Waals surface area contributed by atoms with Gasteiger partial charge in [-0.1, -0.05) is 0 Å². The van der Waals surface area contributed by atoms with Crippen LogP contribution in [0.5, 0.6) is 0 Å². The summed E-state index contributed by atoms with van der Waals surface area (Å²) in [6.45, 7) is 0.464. The molecule has 6 heteroatoms. The number of amides is 1. The van der Waals surface area contributed by atoms with Crippen LogP contribution in [0.2, 0.25) is 0 Å². The molecule has 0 saturated heterocycles. The smallest absolute Gasteiger partial charge is 0.352 e. The Balaban J connectivity index is 1.72.